The van der Waals surface area contributed by atoms with Gasteiger partial charge in [0.25, 0.3) is 0 Å². The lowest BCUT2D eigenvalue weighted by molar-refractivity contribution is -0.127. The molecule has 2 aromatic carbocycles. The Hall–Kier alpha value is -2.87. The Labute approximate surface area is 180 Å². The van der Waals surface area contributed by atoms with Crippen molar-refractivity contribution in [2.75, 3.05) is 26.0 Å². The Morgan fingerprint density at radius 3 is 2.63 bits per heavy atom. The molecule has 8 heteroatoms. The quantitative estimate of drug-likeness (QED) is 0.482. The fourth-order valence-electron chi connectivity index (χ4n) is 2.92. The number of rotatable bonds is 9. The van der Waals surface area contributed by atoms with Crippen molar-refractivity contribution in [1.29, 1.82) is 0 Å². The van der Waals surface area contributed by atoms with Crippen molar-refractivity contribution in [2.45, 2.75) is 25.5 Å². The molecule has 0 fully saturated rings. The van der Waals surface area contributed by atoms with Crippen molar-refractivity contribution >= 4 is 17.7 Å². The smallest absolute Gasteiger partial charge is 0.232 e. The molecule has 0 atom stereocenters. The summed E-state index contributed by atoms with van der Waals surface area (Å²) in [4.78, 5) is 14.0. The van der Waals surface area contributed by atoms with Gasteiger partial charge in [-0.15, -0.1) is 10.2 Å². The summed E-state index contributed by atoms with van der Waals surface area (Å²) in [5.41, 5.74) is 2.16. The first kappa shape index (κ1) is 21.8. The van der Waals surface area contributed by atoms with Gasteiger partial charge in [0.2, 0.25) is 5.91 Å². The normalized spacial score (nSPS) is 10.8. The summed E-state index contributed by atoms with van der Waals surface area (Å²) in [5.74, 6) is 0.762. The first-order valence-electron chi connectivity index (χ1n) is 9.74. The lowest BCUT2D eigenvalue weighted by atomic mass is 10.1. The SMILES string of the molecule is CCn1c(SCC(=O)N(C)CCOc2ccccc2F)nnc1-c1ccccc1C. The van der Waals surface area contributed by atoms with Crippen LogP contribution < -0.4 is 4.74 Å². The van der Waals surface area contributed by atoms with Crippen LogP contribution >= 0.6 is 11.8 Å². The molecule has 1 heterocycles. The van der Waals surface area contributed by atoms with Crippen molar-refractivity contribution in [3.05, 3.63) is 59.9 Å². The second-order valence-electron chi connectivity index (χ2n) is 6.75. The van der Waals surface area contributed by atoms with Gasteiger partial charge < -0.3 is 14.2 Å². The fourth-order valence-corrected chi connectivity index (χ4v) is 3.86. The van der Waals surface area contributed by atoms with Crippen molar-refractivity contribution in [3.63, 3.8) is 0 Å². The first-order chi connectivity index (χ1) is 14.5. The highest BCUT2D eigenvalue weighted by Gasteiger charge is 2.17. The van der Waals surface area contributed by atoms with E-state index in [1.165, 1.54) is 17.8 Å². The summed E-state index contributed by atoms with van der Waals surface area (Å²) >= 11 is 1.36. The van der Waals surface area contributed by atoms with E-state index in [4.69, 9.17) is 4.74 Å². The second-order valence-corrected chi connectivity index (χ2v) is 7.69. The van der Waals surface area contributed by atoms with Crippen LogP contribution in [0.3, 0.4) is 0 Å². The molecule has 158 valence electrons. The molecule has 0 aliphatic carbocycles. The molecule has 0 radical (unpaired) electrons. The van der Waals surface area contributed by atoms with E-state index in [0.717, 1.165) is 17.0 Å². The summed E-state index contributed by atoms with van der Waals surface area (Å²) in [7, 11) is 1.71. The second kappa shape index (κ2) is 10.2. The number of nitrogens with zero attached hydrogens (tertiary/aromatic N) is 4. The van der Waals surface area contributed by atoms with E-state index in [2.05, 4.69) is 10.2 Å². The molecule has 3 aromatic rings. The van der Waals surface area contributed by atoms with E-state index in [1.807, 2.05) is 42.7 Å². The molecular formula is C22H25FN4O2S. The number of aryl methyl sites for hydroxylation is 1. The molecule has 0 spiro atoms. The minimum absolute atomic E-state index is 0.0553. The van der Waals surface area contributed by atoms with Gasteiger partial charge in [-0.25, -0.2) is 4.39 Å². The zero-order valence-corrected chi connectivity index (χ0v) is 18.2. The predicted molar refractivity (Wildman–Crippen MR) is 116 cm³/mol. The first-order valence-corrected chi connectivity index (χ1v) is 10.7. The zero-order valence-electron chi connectivity index (χ0n) is 17.3. The van der Waals surface area contributed by atoms with Crippen LogP contribution in [-0.2, 0) is 11.3 Å². The lowest BCUT2D eigenvalue weighted by Crippen LogP contribution is -2.32. The molecule has 0 bridgehead atoms. The number of ether oxygens (including phenoxy) is 1. The van der Waals surface area contributed by atoms with Gasteiger partial charge >= 0.3 is 0 Å². The number of amides is 1. The van der Waals surface area contributed by atoms with Crippen LogP contribution in [0.25, 0.3) is 11.4 Å². The molecule has 0 aliphatic rings. The Balaban J connectivity index is 1.55. The average Bonchev–Trinajstić information content (AvgIpc) is 3.16. The van der Waals surface area contributed by atoms with E-state index >= 15 is 0 Å². The predicted octanol–water partition coefficient (Wildman–Crippen LogP) is 4.04. The maximum Gasteiger partial charge on any atom is 0.232 e. The minimum Gasteiger partial charge on any atom is -0.489 e. The van der Waals surface area contributed by atoms with E-state index in [-0.39, 0.29) is 24.0 Å². The maximum atomic E-state index is 13.6. The van der Waals surface area contributed by atoms with Crippen LogP contribution in [0.4, 0.5) is 4.39 Å². The standard InChI is InChI=1S/C22H25FN4O2S/c1-4-27-21(17-10-6-5-9-16(17)2)24-25-22(27)30-15-20(28)26(3)13-14-29-19-12-8-7-11-18(19)23/h5-12H,4,13-15H2,1-3H3. The van der Waals surface area contributed by atoms with E-state index in [9.17, 15) is 9.18 Å². The van der Waals surface area contributed by atoms with Crippen LogP contribution in [0.15, 0.2) is 53.7 Å². The third-order valence-electron chi connectivity index (χ3n) is 4.69. The van der Waals surface area contributed by atoms with Crippen LogP contribution in [0.1, 0.15) is 12.5 Å². The van der Waals surface area contributed by atoms with Gasteiger partial charge in [-0.3, -0.25) is 4.79 Å². The van der Waals surface area contributed by atoms with Gasteiger partial charge in [0.05, 0.1) is 12.3 Å². The monoisotopic (exact) mass is 428 g/mol. The Kier molecular flexibility index (Phi) is 7.46. The summed E-state index contributed by atoms with van der Waals surface area (Å²) < 4.78 is 21.0. The lowest BCUT2D eigenvalue weighted by Gasteiger charge is -2.17. The zero-order chi connectivity index (χ0) is 21.5. The minimum atomic E-state index is -0.412. The molecule has 1 aromatic heterocycles. The number of aromatic nitrogens is 3. The molecular weight excluding hydrogens is 403 g/mol. The van der Waals surface area contributed by atoms with Crippen molar-refractivity contribution in [1.82, 2.24) is 19.7 Å². The molecule has 0 N–H and O–H groups in total. The van der Waals surface area contributed by atoms with Gasteiger partial charge in [0, 0.05) is 19.2 Å². The average molecular weight is 429 g/mol. The molecule has 3 rings (SSSR count). The molecule has 0 saturated carbocycles. The van der Waals surface area contributed by atoms with Gasteiger partial charge in [-0.05, 0) is 31.5 Å². The van der Waals surface area contributed by atoms with Crippen LogP contribution in [0.5, 0.6) is 5.75 Å². The van der Waals surface area contributed by atoms with Gasteiger partial charge in [-0.2, -0.15) is 0 Å². The topological polar surface area (TPSA) is 60.2 Å². The number of likely N-dealkylation sites (N-methyl/N-ethyl adjacent to an activating group) is 1. The molecule has 0 saturated heterocycles. The Morgan fingerprint density at radius 2 is 1.90 bits per heavy atom. The molecule has 1 amide bonds. The molecule has 6 nitrogen and oxygen atoms in total. The van der Waals surface area contributed by atoms with Crippen molar-refractivity contribution in [2.24, 2.45) is 0 Å². The Bertz CT molecular complexity index is 1010. The fraction of sp³-hybridized carbons (Fsp3) is 0.318. The molecule has 0 unspecified atom stereocenters. The van der Waals surface area contributed by atoms with E-state index in [0.29, 0.717) is 18.2 Å². The van der Waals surface area contributed by atoms with Crippen molar-refractivity contribution in [3.8, 4) is 17.1 Å². The third-order valence-corrected chi connectivity index (χ3v) is 5.64. The highest BCUT2D eigenvalue weighted by molar-refractivity contribution is 7.99. The van der Waals surface area contributed by atoms with Crippen LogP contribution in [0, 0.1) is 12.7 Å². The summed E-state index contributed by atoms with van der Waals surface area (Å²) in [6.45, 7) is 5.36. The summed E-state index contributed by atoms with van der Waals surface area (Å²) in [6, 6.07) is 14.3. The number of halogens is 1. The van der Waals surface area contributed by atoms with Gasteiger partial charge in [0.15, 0.2) is 22.5 Å². The number of para-hydroxylation sites is 1. The van der Waals surface area contributed by atoms with Crippen LogP contribution in [-0.4, -0.2) is 51.5 Å². The van der Waals surface area contributed by atoms with Gasteiger partial charge in [-0.1, -0.05) is 48.2 Å². The van der Waals surface area contributed by atoms with E-state index < -0.39 is 5.82 Å². The number of thioether (sulfide) groups is 1. The van der Waals surface area contributed by atoms with Crippen molar-refractivity contribution < 1.29 is 13.9 Å². The maximum absolute atomic E-state index is 13.6. The van der Waals surface area contributed by atoms with E-state index in [1.54, 1.807) is 30.1 Å². The summed E-state index contributed by atoms with van der Waals surface area (Å²) in [5, 5.41) is 9.34. The number of benzene rings is 2. The highest BCUT2D eigenvalue weighted by Crippen LogP contribution is 2.26. The van der Waals surface area contributed by atoms with Gasteiger partial charge in [0.1, 0.15) is 6.61 Å². The number of carbonyl (C=O) groups is 1. The highest BCUT2D eigenvalue weighted by atomic mass is 32.2. The van der Waals surface area contributed by atoms with Crippen LogP contribution in [0.2, 0.25) is 0 Å². The number of hydrogen-bond acceptors (Lipinski definition) is 5. The summed E-state index contributed by atoms with van der Waals surface area (Å²) in [6.07, 6.45) is 0. The molecule has 30 heavy (non-hydrogen) atoms. The Morgan fingerprint density at radius 1 is 1.17 bits per heavy atom. The molecule has 0 aliphatic heterocycles. The number of carbonyl (C=O) groups excluding carboxylic acids is 1. The third kappa shape index (κ3) is 5.18. The number of hydrogen-bond donors (Lipinski definition) is 0. The largest absolute Gasteiger partial charge is 0.489 e.